The van der Waals surface area contributed by atoms with Gasteiger partial charge in [-0.25, -0.2) is 18.2 Å². The first kappa shape index (κ1) is 59.3. The number of amides is 3. The number of likely N-dealkylation sites (tertiary alicyclic amines) is 2. The Kier molecular flexibility index (Phi) is 15.3. The number of aliphatic hydroxyl groups is 1. The molecule has 6 aliphatic rings. The number of thiazole rings is 1. The van der Waals surface area contributed by atoms with E-state index in [1.807, 2.05) is 69.6 Å². The van der Waals surface area contributed by atoms with E-state index < -0.39 is 46.7 Å². The van der Waals surface area contributed by atoms with Crippen molar-refractivity contribution in [3.8, 4) is 40.1 Å². The maximum absolute atomic E-state index is 15.9. The van der Waals surface area contributed by atoms with Gasteiger partial charge in [-0.2, -0.15) is 15.1 Å². The quantitative estimate of drug-likeness (QED) is 0.0607. The van der Waals surface area contributed by atoms with Crippen molar-refractivity contribution in [2.24, 2.45) is 22.2 Å². The minimum atomic E-state index is -2.93. The number of alkyl halides is 2. The van der Waals surface area contributed by atoms with Gasteiger partial charge in [0, 0.05) is 92.0 Å². The molecular formula is C67H73F3N12O5S2. The van der Waals surface area contributed by atoms with Gasteiger partial charge in [0.25, 0.3) is 5.92 Å². The number of nitrogens with zero attached hydrogens (tertiary/aromatic N) is 8. The smallest absolute Gasteiger partial charge is 0.319 e. The van der Waals surface area contributed by atoms with Crippen molar-refractivity contribution in [3.63, 3.8) is 0 Å². The molecule has 89 heavy (non-hydrogen) atoms. The molecule has 6 fully saturated rings. The summed E-state index contributed by atoms with van der Waals surface area (Å²) in [6, 6.07) is 13.6. The summed E-state index contributed by atoms with van der Waals surface area (Å²) < 4.78 is 54.6. The molecule has 2 saturated carbocycles. The highest BCUT2D eigenvalue weighted by molar-refractivity contribution is 7.26. The van der Waals surface area contributed by atoms with Gasteiger partial charge in [-0.15, -0.1) is 29.1 Å². The second-order valence-electron chi connectivity index (χ2n) is 27.3. The van der Waals surface area contributed by atoms with Gasteiger partial charge in [-0.3, -0.25) is 24.5 Å². The minimum absolute atomic E-state index is 0.00681. The van der Waals surface area contributed by atoms with Crippen molar-refractivity contribution in [2.75, 3.05) is 50.8 Å². The average Bonchev–Trinajstić information content (AvgIpc) is 2.02. The topological polar surface area (TPSA) is 207 Å². The van der Waals surface area contributed by atoms with Crippen LogP contribution in [0.3, 0.4) is 0 Å². The third-order valence-electron chi connectivity index (χ3n) is 20.3. The number of nitrogens with one attached hydrogen (secondary N) is 4. The Morgan fingerprint density at radius 3 is 2.40 bits per heavy atom. The number of carbonyl (C=O) groups is 3. The molecule has 2 unspecified atom stereocenters. The first-order valence-electron chi connectivity index (χ1n) is 31.2. The molecule has 5 N–H and O–H groups in total. The fourth-order valence-electron chi connectivity index (χ4n) is 15.1. The largest absolute Gasteiger partial charge is 0.462 e. The van der Waals surface area contributed by atoms with Crippen molar-refractivity contribution in [1.29, 1.82) is 0 Å². The van der Waals surface area contributed by atoms with Crippen molar-refractivity contribution in [3.05, 3.63) is 89.1 Å². The Labute approximate surface area is 522 Å². The van der Waals surface area contributed by atoms with Crippen molar-refractivity contribution < 1.29 is 37.4 Å². The number of fused-ring (bicyclic) bond motifs is 7. The zero-order chi connectivity index (χ0) is 61.7. The first-order chi connectivity index (χ1) is 42.7. The fraction of sp³-hybridized carbons (Fsp3) is 0.493. The number of hydrogen-bond acceptors (Lipinski definition) is 15. The number of terminal acetylenes is 1. The lowest BCUT2D eigenvalue weighted by Crippen LogP contribution is -2.57. The summed E-state index contributed by atoms with van der Waals surface area (Å²) in [4.78, 5) is 69.0. The number of aromatic amines is 1. The number of aryl methyl sites for hydroxylation is 1. The number of H-pyrrole nitrogens is 1. The van der Waals surface area contributed by atoms with Crippen LogP contribution in [-0.2, 0) is 20.9 Å². The Balaban J connectivity index is 0.616. The van der Waals surface area contributed by atoms with Gasteiger partial charge >= 0.3 is 6.01 Å². The number of hydrogen-bond donors (Lipinski definition) is 5. The van der Waals surface area contributed by atoms with Crippen LogP contribution >= 0.6 is 22.7 Å². The summed E-state index contributed by atoms with van der Waals surface area (Å²) in [6.45, 7) is 10.6. The highest BCUT2D eigenvalue weighted by Gasteiger charge is 2.72. The number of aromatic nitrogens is 6. The zero-order valence-electron chi connectivity index (χ0n) is 50.4. The number of aliphatic hydroxyl groups excluding tert-OH is 1. The monoisotopic (exact) mass is 1250 g/mol. The van der Waals surface area contributed by atoms with Crippen molar-refractivity contribution in [2.45, 2.75) is 141 Å². The number of carbonyl (C=O) groups excluding carboxylic acids is 3. The molecule has 464 valence electrons. The lowest BCUT2D eigenvalue weighted by Gasteiger charge is -2.46. The van der Waals surface area contributed by atoms with Crippen LogP contribution in [0, 0.1) is 47.2 Å². The van der Waals surface area contributed by atoms with Crippen LogP contribution in [0.5, 0.6) is 6.01 Å². The van der Waals surface area contributed by atoms with Gasteiger partial charge in [0.1, 0.15) is 35.2 Å². The number of thiophene rings is 1. The van der Waals surface area contributed by atoms with E-state index in [0.717, 1.165) is 105 Å². The summed E-state index contributed by atoms with van der Waals surface area (Å²) in [5.74, 6) is -1.03. The third kappa shape index (κ3) is 11.2. The molecule has 2 bridgehead atoms. The molecule has 1 spiro atoms. The van der Waals surface area contributed by atoms with E-state index in [0.29, 0.717) is 53.5 Å². The number of benzene rings is 3. The second-order valence-corrected chi connectivity index (χ2v) is 29.1. The summed E-state index contributed by atoms with van der Waals surface area (Å²) in [7, 11) is 0. The highest BCUT2D eigenvalue weighted by atomic mass is 32.1. The third-order valence-corrected chi connectivity index (χ3v) is 22.3. The Morgan fingerprint density at radius 2 is 1.71 bits per heavy atom. The number of halogens is 3. The Bertz CT molecular complexity index is 4110. The SMILES string of the molecule is C#Cc1c(F)ccc2cc3[nH]ncc3c(-c3nccc4c3sc3nc(OC[C@]5(CN6CCC7(CCC(CC(=O)N[C@H](C(=O)N8C[C@H](O)C[C@H]8C(=O)NCc8ccc(-c9scnc9C)cc8)C(C)(C)C)CC7)CC6)CC5(F)F)nc(N5CC6CCC(C5)N6)c34)c12. The summed E-state index contributed by atoms with van der Waals surface area (Å²) in [5.41, 5.74) is 4.79. The molecule has 22 heteroatoms. The number of piperidine rings is 1. The molecule has 4 saturated heterocycles. The molecule has 0 radical (unpaired) electrons. The molecule has 4 aliphatic heterocycles. The van der Waals surface area contributed by atoms with Crippen LogP contribution in [-0.4, -0.2) is 145 Å². The highest BCUT2D eigenvalue weighted by Crippen LogP contribution is 2.61. The maximum atomic E-state index is 15.9. The molecule has 17 nitrogen and oxygen atoms in total. The molecule has 8 aromatic rings. The van der Waals surface area contributed by atoms with Gasteiger partial charge < -0.3 is 40.5 Å². The molecule has 3 amide bonds. The van der Waals surface area contributed by atoms with Crippen LogP contribution in [0.2, 0.25) is 0 Å². The number of ether oxygens (including phenoxy) is 1. The van der Waals surface area contributed by atoms with Gasteiger partial charge in [0.15, 0.2) is 0 Å². The van der Waals surface area contributed by atoms with Gasteiger partial charge in [-0.05, 0) is 123 Å². The molecule has 14 rings (SSSR count). The molecule has 3 aromatic carbocycles. The van der Waals surface area contributed by atoms with Crippen LogP contribution in [0.1, 0.15) is 108 Å². The van der Waals surface area contributed by atoms with Crippen molar-refractivity contribution >= 4 is 88.2 Å². The summed E-state index contributed by atoms with van der Waals surface area (Å²) in [5, 5.41) is 31.7. The average molecular weight is 1250 g/mol. The number of rotatable bonds is 15. The van der Waals surface area contributed by atoms with E-state index in [1.165, 1.54) is 22.3 Å². The summed E-state index contributed by atoms with van der Waals surface area (Å²) >= 11 is 2.98. The first-order valence-corrected chi connectivity index (χ1v) is 32.9. The van der Waals surface area contributed by atoms with E-state index in [1.54, 1.807) is 29.8 Å². The lowest BCUT2D eigenvalue weighted by atomic mass is 9.65. The maximum Gasteiger partial charge on any atom is 0.319 e. The minimum Gasteiger partial charge on any atom is -0.462 e. The predicted octanol–water partition coefficient (Wildman–Crippen LogP) is 10.3. The zero-order valence-corrected chi connectivity index (χ0v) is 52.1. The van der Waals surface area contributed by atoms with E-state index in [4.69, 9.17) is 26.1 Å². The van der Waals surface area contributed by atoms with E-state index in [9.17, 15) is 19.5 Å². The lowest BCUT2D eigenvalue weighted by molar-refractivity contribution is -0.144. The number of β-amino-alcohol motifs (C(OH)–C–C–N with tert-alkyl or cyclic N) is 1. The fourth-order valence-corrected chi connectivity index (χ4v) is 17.1. The standard InChI is InChI=1S/C67H73F3N12O5S2/c1-6-45-48(68)14-11-41-26-49-47(29-74-79-49)53(52(41)45)55-57-46(17-22-71-55)54-59(81-30-42-12-13-43(31-81)75-42)77-63(78-61(54)89-57)87-35-66(33-67(66,69)70)34-80-23-20-65(21-24-80)18-15-38(16-19-65)25-51(84)76-58(64(3,4)5)62(86)82-32-44(83)27-50(82)60(85)72-28-39-7-9-40(10-8-39)56-37(2)73-36-88-56/h1,7-11,14,17,22,26,29,36,38,42-44,50,58,75,83H,12-13,15-16,18-21,23-25,27-28,30-35H2,2-5H3,(H,72,85)(H,74,79)(H,76,84)/t42?,43?,44-,50+,58-,66-/m1/s1. The molecular weight excluding hydrogens is 1170 g/mol. The van der Waals surface area contributed by atoms with Crippen LogP contribution in [0.15, 0.2) is 66.4 Å². The van der Waals surface area contributed by atoms with Crippen LogP contribution in [0.4, 0.5) is 19.0 Å². The molecule has 6 atom stereocenters. The molecule has 2 aliphatic carbocycles. The molecule has 5 aromatic heterocycles. The normalized spacial score (nSPS) is 23.8. The van der Waals surface area contributed by atoms with Crippen LogP contribution < -0.4 is 25.6 Å². The van der Waals surface area contributed by atoms with Crippen molar-refractivity contribution in [1.82, 2.24) is 55.9 Å². The van der Waals surface area contributed by atoms with Gasteiger partial charge in [0.05, 0.1) is 60.7 Å². The summed E-state index contributed by atoms with van der Waals surface area (Å²) in [6.07, 6.45) is 16.0. The Morgan fingerprint density at radius 1 is 0.955 bits per heavy atom. The number of pyridine rings is 1. The Hall–Kier alpha value is -7.29. The number of piperazine rings is 1. The second kappa shape index (κ2) is 22.9. The van der Waals surface area contributed by atoms with E-state index in [-0.39, 0.29) is 92.3 Å². The molecule has 9 heterocycles. The van der Waals surface area contributed by atoms with Gasteiger partial charge in [0.2, 0.25) is 17.7 Å². The number of anilines is 1. The van der Waals surface area contributed by atoms with Crippen LogP contribution in [0.25, 0.3) is 63.7 Å². The van der Waals surface area contributed by atoms with E-state index >= 15 is 13.2 Å². The predicted molar refractivity (Wildman–Crippen MR) is 339 cm³/mol. The van der Waals surface area contributed by atoms with Gasteiger partial charge in [-0.1, -0.05) is 57.0 Å². The van der Waals surface area contributed by atoms with E-state index in [2.05, 4.69) is 46.9 Å².